The summed E-state index contributed by atoms with van der Waals surface area (Å²) in [5, 5.41) is 0. The first-order chi connectivity index (χ1) is 14.5. The maximum absolute atomic E-state index is 12.5. The highest BCUT2D eigenvalue weighted by Gasteiger charge is 2.26. The molecule has 0 aromatic carbocycles. The summed E-state index contributed by atoms with van der Waals surface area (Å²) >= 11 is 0. The van der Waals surface area contributed by atoms with E-state index in [0.29, 0.717) is 28.7 Å². The van der Waals surface area contributed by atoms with E-state index in [1.165, 1.54) is 56.9 Å². The van der Waals surface area contributed by atoms with Crippen molar-refractivity contribution in [1.82, 2.24) is 0 Å². The Balaban J connectivity index is 2.30. The molecule has 0 aromatic heterocycles. The Morgan fingerprint density at radius 3 is 1.74 bits per heavy atom. The summed E-state index contributed by atoms with van der Waals surface area (Å²) in [6.45, 7) is 16.9. The summed E-state index contributed by atoms with van der Waals surface area (Å²) in [6, 6.07) is 0. The Labute approximate surface area is 192 Å². The van der Waals surface area contributed by atoms with Gasteiger partial charge in [0.25, 0.3) is 0 Å². The number of carbonyl (C=O) groups excluding carboxylic acids is 2. The van der Waals surface area contributed by atoms with Crippen LogP contribution in [0.2, 0.25) is 0 Å². The fourth-order valence-corrected chi connectivity index (χ4v) is 4.49. The summed E-state index contributed by atoms with van der Waals surface area (Å²) in [4.78, 5) is 24.8. The van der Waals surface area contributed by atoms with Crippen LogP contribution in [0.5, 0.6) is 0 Å². The Hall–Kier alpha value is -1.44. The summed E-state index contributed by atoms with van der Waals surface area (Å²) in [5.74, 6) is 2.56. The third kappa shape index (κ3) is 9.71. The lowest BCUT2D eigenvalue weighted by molar-refractivity contribution is -0.116. The zero-order chi connectivity index (χ0) is 23.6. The first-order valence-corrected chi connectivity index (χ1v) is 12.7. The fraction of sp³-hybridized carbons (Fsp3) is 0.724. The van der Waals surface area contributed by atoms with E-state index in [2.05, 4.69) is 40.7 Å². The van der Waals surface area contributed by atoms with E-state index < -0.39 is 0 Å². The predicted molar refractivity (Wildman–Crippen MR) is 134 cm³/mol. The average molecular weight is 429 g/mol. The molecular formula is C29H48O2. The Bertz CT molecular complexity index is 702. The van der Waals surface area contributed by atoms with Gasteiger partial charge in [-0.3, -0.25) is 9.59 Å². The van der Waals surface area contributed by atoms with Gasteiger partial charge in [0.15, 0.2) is 11.6 Å². The van der Waals surface area contributed by atoms with Gasteiger partial charge in [-0.2, -0.15) is 0 Å². The molecule has 0 aromatic rings. The highest BCUT2D eigenvalue weighted by atomic mass is 16.1. The van der Waals surface area contributed by atoms with Gasteiger partial charge in [-0.25, -0.2) is 0 Å². The monoisotopic (exact) mass is 428 g/mol. The van der Waals surface area contributed by atoms with Crippen LogP contribution >= 0.6 is 0 Å². The molecule has 0 heterocycles. The van der Waals surface area contributed by atoms with Gasteiger partial charge in [-0.15, -0.1) is 0 Å². The van der Waals surface area contributed by atoms with Crippen LogP contribution in [-0.2, 0) is 9.59 Å². The summed E-state index contributed by atoms with van der Waals surface area (Å²) in [5.41, 5.74) is 3.86. The largest absolute Gasteiger partial charge is 0.289 e. The number of carbonyl (C=O) groups is 2. The highest BCUT2D eigenvalue weighted by molar-refractivity contribution is 6.24. The molecule has 2 unspecified atom stereocenters. The van der Waals surface area contributed by atoms with E-state index in [0.717, 1.165) is 24.2 Å². The van der Waals surface area contributed by atoms with Crippen molar-refractivity contribution in [3.8, 4) is 0 Å². The average Bonchev–Trinajstić information content (AvgIpc) is 2.70. The second kappa shape index (κ2) is 13.9. The lowest BCUT2D eigenvalue weighted by atomic mass is 9.84. The second-order valence-electron chi connectivity index (χ2n) is 10.6. The molecule has 2 heteroatoms. The van der Waals surface area contributed by atoms with Gasteiger partial charge in [-0.1, -0.05) is 84.3 Å². The van der Waals surface area contributed by atoms with E-state index in [-0.39, 0.29) is 11.6 Å². The number of allylic oxidation sites excluding steroid dienone is 6. The third-order valence-electron chi connectivity index (χ3n) is 7.11. The number of hydrogen-bond acceptors (Lipinski definition) is 2. The van der Waals surface area contributed by atoms with Gasteiger partial charge >= 0.3 is 0 Å². The third-order valence-corrected chi connectivity index (χ3v) is 7.11. The van der Waals surface area contributed by atoms with Crippen LogP contribution in [0.15, 0.2) is 33.9 Å². The molecule has 0 N–H and O–H groups in total. The molecule has 0 bridgehead atoms. The van der Waals surface area contributed by atoms with Gasteiger partial charge in [0.05, 0.1) is 0 Å². The van der Waals surface area contributed by atoms with Crippen molar-refractivity contribution in [3.05, 3.63) is 33.9 Å². The van der Waals surface area contributed by atoms with E-state index >= 15 is 0 Å². The fourth-order valence-electron chi connectivity index (χ4n) is 4.49. The van der Waals surface area contributed by atoms with Gasteiger partial charge < -0.3 is 0 Å². The minimum atomic E-state index is 0.0289. The quantitative estimate of drug-likeness (QED) is 0.205. The topological polar surface area (TPSA) is 34.1 Å². The van der Waals surface area contributed by atoms with E-state index in [1.54, 1.807) is 20.8 Å². The molecular weight excluding hydrogens is 380 g/mol. The number of ketones is 2. The molecule has 0 aliphatic heterocycles. The summed E-state index contributed by atoms with van der Waals surface area (Å²) in [7, 11) is 0. The highest BCUT2D eigenvalue weighted by Crippen LogP contribution is 2.27. The zero-order valence-corrected chi connectivity index (χ0v) is 21.7. The van der Waals surface area contributed by atoms with E-state index in [9.17, 15) is 9.59 Å². The molecule has 2 atom stereocenters. The lowest BCUT2D eigenvalue weighted by Gasteiger charge is -2.18. The van der Waals surface area contributed by atoms with Crippen molar-refractivity contribution in [2.45, 2.75) is 120 Å². The zero-order valence-electron chi connectivity index (χ0n) is 21.7. The van der Waals surface area contributed by atoms with Crippen LogP contribution in [0.4, 0.5) is 0 Å². The van der Waals surface area contributed by atoms with Crippen LogP contribution in [0.25, 0.3) is 0 Å². The van der Waals surface area contributed by atoms with Gasteiger partial charge in [0.1, 0.15) is 0 Å². The number of rotatable bonds is 14. The molecule has 0 saturated heterocycles. The van der Waals surface area contributed by atoms with Gasteiger partial charge in [0.2, 0.25) is 0 Å². The maximum Gasteiger partial charge on any atom is 0.185 e. The van der Waals surface area contributed by atoms with E-state index in [4.69, 9.17) is 0 Å². The minimum Gasteiger partial charge on any atom is -0.289 e. The van der Waals surface area contributed by atoms with Gasteiger partial charge in [-0.05, 0) is 64.7 Å². The van der Waals surface area contributed by atoms with Crippen LogP contribution < -0.4 is 0 Å². The first kappa shape index (κ1) is 27.6. The van der Waals surface area contributed by atoms with Crippen molar-refractivity contribution in [1.29, 1.82) is 0 Å². The summed E-state index contributed by atoms with van der Waals surface area (Å²) in [6.07, 6.45) is 14.5. The maximum atomic E-state index is 12.5. The smallest absolute Gasteiger partial charge is 0.185 e. The van der Waals surface area contributed by atoms with Crippen molar-refractivity contribution < 1.29 is 9.59 Å². The molecule has 0 radical (unpaired) electrons. The molecule has 2 nitrogen and oxygen atoms in total. The molecule has 1 aliphatic carbocycles. The van der Waals surface area contributed by atoms with Crippen molar-refractivity contribution in [3.63, 3.8) is 0 Å². The number of Topliss-reactive ketones (excluding diaryl/α,β-unsaturated/α-hetero) is 2. The van der Waals surface area contributed by atoms with Crippen molar-refractivity contribution in [2.75, 3.05) is 0 Å². The van der Waals surface area contributed by atoms with Crippen LogP contribution in [0.1, 0.15) is 120 Å². The molecule has 1 rings (SSSR count). The Morgan fingerprint density at radius 1 is 0.710 bits per heavy atom. The lowest BCUT2D eigenvalue weighted by Crippen LogP contribution is -2.20. The minimum absolute atomic E-state index is 0.0289. The molecule has 0 spiro atoms. The van der Waals surface area contributed by atoms with Crippen LogP contribution in [-0.4, -0.2) is 11.6 Å². The first-order valence-electron chi connectivity index (χ1n) is 12.7. The molecule has 0 amide bonds. The second-order valence-corrected chi connectivity index (χ2v) is 10.6. The molecule has 176 valence electrons. The predicted octanol–water partition coefficient (Wildman–Crippen LogP) is 8.57. The summed E-state index contributed by atoms with van der Waals surface area (Å²) < 4.78 is 0. The molecule has 31 heavy (non-hydrogen) atoms. The standard InChI is InChI=1S/C29H48O2/c1-20(2)12-9-13-21(3)14-10-15-22(4)16-11-17-23(5)18-19-27-26(8)28(30)24(6)25(7)29(27)31/h18,20-22H,9-17,19H2,1-8H3/b23-18+. The Morgan fingerprint density at radius 2 is 1.19 bits per heavy atom. The SMILES string of the molecule is CC1=C(C)C(=O)C(C/C=C(\C)CCCC(C)CCCC(C)CCCC(C)C)=C(C)C1=O. The van der Waals surface area contributed by atoms with Crippen molar-refractivity contribution >= 4 is 11.6 Å². The van der Waals surface area contributed by atoms with Crippen LogP contribution in [0.3, 0.4) is 0 Å². The normalized spacial score (nSPS) is 17.8. The van der Waals surface area contributed by atoms with Crippen LogP contribution in [0, 0.1) is 17.8 Å². The Kier molecular flexibility index (Phi) is 12.3. The number of hydrogen-bond donors (Lipinski definition) is 0. The van der Waals surface area contributed by atoms with Crippen molar-refractivity contribution in [2.24, 2.45) is 17.8 Å². The molecule has 0 fully saturated rings. The van der Waals surface area contributed by atoms with Gasteiger partial charge in [0, 0.05) is 22.3 Å². The van der Waals surface area contributed by atoms with E-state index in [1.807, 2.05) is 0 Å². The molecule has 0 saturated carbocycles. The molecule has 1 aliphatic rings.